The lowest BCUT2D eigenvalue weighted by Gasteiger charge is -2.10. The smallest absolute Gasteiger partial charge is 0.262 e. The molecule has 0 radical (unpaired) electrons. The number of methoxy groups -OCH3 is 1. The number of amides is 1. The quantitative estimate of drug-likeness (QED) is 0.673. The van der Waals surface area contributed by atoms with Gasteiger partial charge >= 0.3 is 0 Å². The van der Waals surface area contributed by atoms with Gasteiger partial charge in [0.25, 0.3) is 5.91 Å². The highest BCUT2D eigenvalue weighted by Crippen LogP contribution is 2.25. The highest BCUT2D eigenvalue weighted by molar-refractivity contribution is 6.02. The van der Waals surface area contributed by atoms with E-state index in [0.717, 1.165) is 41.2 Å². The Morgan fingerprint density at radius 3 is 2.56 bits per heavy atom. The highest BCUT2D eigenvalue weighted by atomic mass is 16.5. The number of aryl methyl sites for hydroxylation is 1. The van der Waals surface area contributed by atoms with Crippen molar-refractivity contribution < 1.29 is 9.53 Å². The van der Waals surface area contributed by atoms with Crippen LogP contribution in [-0.2, 0) is 4.79 Å². The molecule has 0 bridgehead atoms. The molecule has 1 fully saturated rings. The molecule has 25 heavy (non-hydrogen) atoms. The minimum Gasteiger partial charge on any atom is -0.497 e. The third-order valence-corrected chi connectivity index (χ3v) is 4.38. The summed E-state index contributed by atoms with van der Waals surface area (Å²) in [6.45, 7) is 3.99. The molecular formula is C20H21N3O2. The molecule has 1 aromatic carbocycles. The number of nitrogens with zero attached hydrogens (tertiary/aromatic N) is 2. The number of nitriles is 1. The minimum absolute atomic E-state index is 0.141. The van der Waals surface area contributed by atoms with Crippen LogP contribution in [0.25, 0.3) is 11.8 Å². The molecule has 1 N–H and O–H groups in total. The second-order valence-corrected chi connectivity index (χ2v) is 6.28. The zero-order valence-corrected chi connectivity index (χ0v) is 14.7. The number of ether oxygens (including phenoxy) is 1. The largest absolute Gasteiger partial charge is 0.497 e. The van der Waals surface area contributed by atoms with Crippen molar-refractivity contribution >= 4 is 12.0 Å². The lowest BCUT2D eigenvalue weighted by atomic mass is 10.1. The lowest BCUT2D eigenvalue weighted by Crippen LogP contribution is -2.26. The maximum Gasteiger partial charge on any atom is 0.262 e. The molecule has 1 aromatic heterocycles. The number of hydrogen-bond donors (Lipinski definition) is 1. The van der Waals surface area contributed by atoms with Gasteiger partial charge in [-0.2, -0.15) is 5.26 Å². The third-order valence-electron chi connectivity index (χ3n) is 4.38. The van der Waals surface area contributed by atoms with Gasteiger partial charge in [-0.1, -0.05) is 0 Å². The molecule has 5 nitrogen and oxygen atoms in total. The number of carbonyl (C=O) groups excluding carboxylic acids is 1. The number of rotatable bonds is 5. The van der Waals surface area contributed by atoms with Crippen molar-refractivity contribution in [1.29, 1.82) is 5.26 Å². The molecule has 1 aliphatic carbocycles. The Morgan fingerprint density at radius 2 is 2.00 bits per heavy atom. The summed E-state index contributed by atoms with van der Waals surface area (Å²) in [5.74, 6) is 0.508. The number of benzene rings is 1. The average molecular weight is 335 g/mol. The summed E-state index contributed by atoms with van der Waals surface area (Å²) in [5.41, 5.74) is 4.04. The second-order valence-electron chi connectivity index (χ2n) is 6.28. The van der Waals surface area contributed by atoms with Gasteiger partial charge in [0, 0.05) is 23.1 Å². The van der Waals surface area contributed by atoms with E-state index in [1.54, 1.807) is 13.2 Å². The second kappa shape index (κ2) is 6.86. The van der Waals surface area contributed by atoms with E-state index >= 15 is 0 Å². The summed E-state index contributed by atoms with van der Waals surface area (Å²) >= 11 is 0. The standard InChI is InChI=1S/C20H21N3O2/c1-13-10-15(11-16(12-21)20(24)22-17-4-5-17)14(2)23(13)18-6-8-19(25-3)9-7-18/h6-11,17H,4-5H2,1-3H3,(H,22,24)/b16-11+. The Morgan fingerprint density at radius 1 is 1.32 bits per heavy atom. The number of nitrogens with one attached hydrogen (secondary N) is 1. The molecule has 2 aromatic rings. The van der Waals surface area contributed by atoms with Gasteiger partial charge in [0.1, 0.15) is 17.4 Å². The van der Waals surface area contributed by atoms with Crippen LogP contribution in [0.3, 0.4) is 0 Å². The van der Waals surface area contributed by atoms with Crippen LogP contribution in [0.1, 0.15) is 29.8 Å². The molecule has 0 aliphatic heterocycles. The topological polar surface area (TPSA) is 67.0 Å². The summed E-state index contributed by atoms with van der Waals surface area (Å²) in [6.07, 6.45) is 3.66. The van der Waals surface area contributed by atoms with Gasteiger partial charge in [-0.3, -0.25) is 4.79 Å². The first-order valence-corrected chi connectivity index (χ1v) is 8.29. The minimum atomic E-state index is -0.292. The van der Waals surface area contributed by atoms with E-state index < -0.39 is 0 Å². The van der Waals surface area contributed by atoms with Gasteiger partial charge in [0.15, 0.2) is 0 Å². The summed E-state index contributed by atoms with van der Waals surface area (Å²) in [5, 5.41) is 12.2. The van der Waals surface area contributed by atoms with E-state index in [-0.39, 0.29) is 17.5 Å². The van der Waals surface area contributed by atoms with Gasteiger partial charge in [-0.25, -0.2) is 0 Å². The average Bonchev–Trinajstić information content (AvgIpc) is 3.38. The summed E-state index contributed by atoms with van der Waals surface area (Å²) in [4.78, 5) is 12.2. The number of carbonyl (C=O) groups is 1. The lowest BCUT2D eigenvalue weighted by molar-refractivity contribution is -0.117. The summed E-state index contributed by atoms with van der Waals surface area (Å²) in [7, 11) is 1.64. The Balaban J connectivity index is 1.93. The van der Waals surface area contributed by atoms with Crippen LogP contribution in [-0.4, -0.2) is 23.6 Å². The predicted molar refractivity (Wildman–Crippen MR) is 96.5 cm³/mol. The zero-order chi connectivity index (χ0) is 18.0. The van der Waals surface area contributed by atoms with Crippen LogP contribution in [0.15, 0.2) is 35.9 Å². The SMILES string of the molecule is COc1ccc(-n2c(C)cc(/C=C(\C#N)C(=O)NC3CC3)c2C)cc1. The van der Waals surface area contributed by atoms with Crippen LogP contribution >= 0.6 is 0 Å². The summed E-state index contributed by atoms with van der Waals surface area (Å²) < 4.78 is 7.30. The third kappa shape index (κ3) is 3.58. The van der Waals surface area contributed by atoms with Gasteiger partial charge in [-0.15, -0.1) is 0 Å². The van der Waals surface area contributed by atoms with Crippen LogP contribution < -0.4 is 10.1 Å². The summed E-state index contributed by atoms with van der Waals surface area (Å²) in [6, 6.07) is 12.0. The first-order valence-electron chi connectivity index (χ1n) is 8.29. The number of aromatic nitrogens is 1. The van der Waals surface area contributed by atoms with Crippen LogP contribution in [0.5, 0.6) is 5.75 Å². The van der Waals surface area contributed by atoms with Gasteiger partial charge in [0.2, 0.25) is 0 Å². The molecular weight excluding hydrogens is 314 g/mol. The van der Waals surface area contributed by atoms with E-state index in [0.29, 0.717) is 0 Å². The van der Waals surface area contributed by atoms with Crippen molar-refractivity contribution in [3.05, 3.63) is 52.9 Å². The molecule has 0 unspecified atom stereocenters. The van der Waals surface area contributed by atoms with Crippen molar-refractivity contribution in [3.63, 3.8) is 0 Å². The first kappa shape index (κ1) is 16.8. The molecule has 1 heterocycles. The Labute approximate surface area is 147 Å². The van der Waals surface area contributed by atoms with Crippen LogP contribution in [0, 0.1) is 25.2 Å². The fraction of sp³-hybridized carbons (Fsp3) is 0.300. The maximum atomic E-state index is 12.2. The molecule has 3 rings (SSSR count). The van der Waals surface area contributed by atoms with Crippen LogP contribution in [0.2, 0.25) is 0 Å². The maximum absolute atomic E-state index is 12.2. The van der Waals surface area contributed by atoms with Crippen molar-refractivity contribution in [2.24, 2.45) is 0 Å². The number of hydrogen-bond acceptors (Lipinski definition) is 3. The predicted octanol–water partition coefficient (Wildman–Crippen LogP) is 3.29. The molecule has 0 atom stereocenters. The van der Waals surface area contributed by atoms with Crippen molar-refractivity contribution in [2.75, 3.05) is 7.11 Å². The molecule has 1 aliphatic rings. The monoisotopic (exact) mass is 335 g/mol. The van der Waals surface area contributed by atoms with E-state index in [1.807, 2.05) is 50.2 Å². The Hall–Kier alpha value is -3.00. The molecule has 0 spiro atoms. The van der Waals surface area contributed by atoms with Crippen molar-refractivity contribution in [2.45, 2.75) is 32.7 Å². The fourth-order valence-corrected chi connectivity index (χ4v) is 2.86. The Bertz CT molecular complexity index is 866. The van der Waals surface area contributed by atoms with Gasteiger partial charge in [-0.05, 0) is 68.7 Å². The van der Waals surface area contributed by atoms with Crippen molar-refractivity contribution in [3.8, 4) is 17.5 Å². The Kier molecular flexibility index (Phi) is 4.62. The van der Waals surface area contributed by atoms with Crippen molar-refractivity contribution in [1.82, 2.24) is 9.88 Å². The molecule has 1 saturated carbocycles. The molecule has 1 amide bonds. The first-order chi connectivity index (χ1) is 12.0. The van der Waals surface area contributed by atoms with E-state index in [2.05, 4.69) is 9.88 Å². The molecule has 128 valence electrons. The van der Waals surface area contributed by atoms with Gasteiger partial charge in [0.05, 0.1) is 7.11 Å². The molecule has 5 heteroatoms. The zero-order valence-electron chi connectivity index (χ0n) is 14.7. The van der Waals surface area contributed by atoms with Crippen LogP contribution in [0.4, 0.5) is 0 Å². The van der Waals surface area contributed by atoms with E-state index in [1.165, 1.54) is 0 Å². The van der Waals surface area contributed by atoms with E-state index in [4.69, 9.17) is 4.74 Å². The highest BCUT2D eigenvalue weighted by Gasteiger charge is 2.25. The van der Waals surface area contributed by atoms with Gasteiger partial charge < -0.3 is 14.6 Å². The van der Waals surface area contributed by atoms with E-state index in [9.17, 15) is 10.1 Å². The fourth-order valence-electron chi connectivity index (χ4n) is 2.86. The molecule has 0 saturated heterocycles. The normalized spacial score (nSPS) is 14.1.